The van der Waals surface area contributed by atoms with Crippen molar-refractivity contribution in [3.05, 3.63) is 80.5 Å². The minimum Gasteiger partial charge on any atom is -0.321 e. The number of hydrogen-bond donors (Lipinski definition) is 1. The third kappa shape index (κ3) is 3.49. The zero-order valence-electron chi connectivity index (χ0n) is 12.9. The van der Waals surface area contributed by atoms with Gasteiger partial charge in [-0.05, 0) is 41.1 Å². The average Bonchev–Trinajstić information content (AvgIpc) is 3.05. The third-order valence-electron chi connectivity index (χ3n) is 3.46. The van der Waals surface area contributed by atoms with Gasteiger partial charge in [-0.3, -0.25) is 14.9 Å². The van der Waals surface area contributed by atoms with Crippen LogP contribution in [0, 0.1) is 17.0 Å². The summed E-state index contributed by atoms with van der Waals surface area (Å²) < 4.78 is 0. The van der Waals surface area contributed by atoms with Crippen LogP contribution in [0.1, 0.15) is 15.2 Å². The highest BCUT2D eigenvalue weighted by Crippen LogP contribution is 2.27. The Bertz CT molecular complexity index is 904. The van der Waals surface area contributed by atoms with E-state index in [1.54, 1.807) is 13.0 Å². The van der Waals surface area contributed by atoms with E-state index in [1.165, 1.54) is 23.5 Å². The van der Waals surface area contributed by atoms with E-state index in [0.717, 1.165) is 16.7 Å². The van der Waals surface area contributed by atoms with Crippen LogP contribution in [0.25, 0.3) is 11.1 Å². The van der Waals surface area contributed by atoms with Gasteiger partial charge in [0.1, 0.15) is 0 Å². The monoisotopic (exact) mass is 338 g/mol. The first-order valence-electron chi connectivity index (χ1n) is 7.24. The summed E-state index contributed by atoms with van der Waals surface area (Å²) in [6, 6.07) is 16.1. The zero-order chi connectivity index (χ0) is 17.1. The second-order valence-corrected chi connectivity index (χ2v) is 6.25. The van der Waals surface area contributed by atoms with Crippen LogP contribution in [0.4, 0.5) is 11.4 Å². The van der Waals surface area contributed by atoms with E-state index in [2.05, 4.69) is 5.32 Å². The molecule has 0 radical (unpaired) electrons. The number of aryl methyl sites for hydroxylation is 1. The molecule has 3 rings (SSSR count). The highest BCUT2D eigenvalue weighted by molar-refractivity contribution is 7.12. The molecule has 0 unspecified atom stereocenters. The lowest BCUT2D eigenvalue weighted by Crippen LogP contribution is -2.10. The van der Waals surface area contributed by atoms with Crippen molar-refractivity contribution < 1.29 is 9.72 Å². The summed E-state index contributed by atoms with van der Waals surface area (Å²) in [6.45, 7) is 1.75. The highest BCUT2D eigenvalue weighted by Gasteiger charge is 2.13. The molecule has 0 bridgehead atoms. The standard InChI is InChI=1S/C18H14N2O3S/c1-12-7-15(10-16(8-12)20(22)23)19-18(21)17-9-14(11-24-17)13-5-3-2-4-6-13/h2-11H,1H3,(H,19,21). The second-order valence-electron chi connectivity index (χ2n) is 5.33. The number of carbonyl (C=O) groups excluding carboxylic acids is 1. The number of thiophene rings is 1. The Hall–Kier alpha value is -2.99. The maximum atomic E-state index is 12.4. The number of nitrogens with one attached hydrogen (secondary N) is 1. The Balaban J connectivity index is 1.81. The summed E-state index contributed by atoms with van der Waals surface area (Å²) >= 11 is 1.34. The predicted molar refractivity (Wildman–Crippen MR) is 95.5 cm³/mol. The number of anilines is 1. The SMILES string of the molecule is Cc1cc(NC(=O)c2cc(-c3ccccc3)cs2)cc([N+](=O)[O-])c1. The molecule has 1 aromatic heterocycles. The van der Waals surface area contributed by atoms with E-state index < -0.39 is 4.92 Å². The van der Waals surface area contributed by atoms with E-state index in [9.17, 15) is 14.9 Å². The number of amides is 1. The van der Waals surface area contributed by atoms with Gasteiger partial charge in [0, 0.05) is 17.8 Å². The number of non-ortho nitro benzene ring substituents is 1. The lowest BCUT2D eigenvalue weighted by atomic mass is 10.1. The van der Waals surface area contributed by atoms with Gasteiger partial charge in [-0.25, -0.2) is 0 Å². The van der Waals surface area contributed by atoms with Gasteiger partial charge in [-0.2, -0.15) is 0 Å². The van der Waals surface area contributed by atoms with Crippen molar-refractivity contribution >= 4 is 28.6 Å². The van der Waals surface area contributed by atoms with Crippen molar-refractivity contribution in [1.82, 2.24) is 0 Å². The van der Waals surface area contributed by atoms with Crippen molar-refractivity contribution in [2.24, 2.45) is 0 Å². The molecule has 6 heteroatoms. The molecule has 0 atom stereocenters. The first kappa shape index (κ1) is 15.9. The van der Waals surface area contributed by atoms with Crippen molar-refractivity contribution in [2.75, 3.05) is 5.32 Å². The third-order valence-corrected chi connectivity index (χ3v) is 4.39. The van der Waals surface area contributed by atoms with Crippen molar-refractivity contribution in [2.45, 2.75) is 6.92 Å². The summed E-state index contributed by atoms with van der Waals surface area (Å²) in [6.07, 6.45) is 0. The smallest absolute Gasteiger partial charge is 0.271 e. The number of nitro groups is 1. The minimum atomic E-state index is -0.471. The molecule has 1 heterocycles. The minimum absolute atomic E-state index is 0.0403. The number of nitrogens with zero attached hydrogens (tertiary/aromatic N) is 1. The van der Waals surface area contributed by atoms with Crippen molar-refractivity contribution in [3.8, 4) is 11.1 Å². The first-order valence-corrected chi connectivity index (χ1v) is 8.12. The Morgan fingerprint density at radius 2 is 1.83 bits per heavy atom. The van der Waals surface area contributed by atoms with Crippen LogP contribution in [-0.4, -0.2) is 10.8 Å². The molecule has 5 nitrogen and oxygen atoms in total. The van der Waals surface area contributed by atoms with Crippen LogP contribution >= 0.6 is 11.3 Å². The molecule has 0 aliphatic carbocycles. The highest BCUT2D eigenvalue weighted by atomic mass is 32.1. The number of hydrogen-bond acceptors (Lipinski definition) is 4. The van der Waals surface area contributed by atoms with E-state index in [1.807, 2.05) is 41.8 Å². The van der Waals surface area contributed by atoms with Gasteiger partial charge in [-0.15, -0.1) is 11.3 Å². The molecule has 2 aromatic carbocycles. The van der Waals surface area contributed by atoms with Crippen LogP contribution in [-0.2, 0) is 0 Å². The normalized spacial score (nSPS) is 10.4. The Labute approximate surface area is 142 Å². The molecule has 0 aliphatic heterocycles. The van der Waals surface area contributed by atoms with Crippen LogP contribution in [0.15, 0.2) is 60.0 Å². The van der Waals surface area contributed by atoms with Gasteiger partial charge in [0.05, 0.1) is 9.80 Å². The molecule has 0 spiro atoms. The summed E-state index contributed by atoms with van der Waals surface area (Å²) in [5.74, 6) is -0.276. The van der Waals surface area contributed by atoms with Crippen LogP contribution in [0.5, 0.6) is 0 Å². The number of benzene rings is 2. The van der Waals surface area contributed by atoms with Gasteiger partial charge in [0.2, 0.25) is 0 Å². The maximum absolute atomic E-state index is 12.4. The van der Waals surface area contributed by atoms with Gasteiger partial charge < -0.3 is 5.32 Å². The molecule has 0 fully saturated rings. The summed E-state index contributed by atoms with van der Waals surface area (Å²) in [4.78, 5) is 23.4. The molecular weight excluding hydrogens is 324 g/mol. The quantitative estimate of drug-likeness (QED) is 0.544. The lowest BCUT2D eigenvalue weighted by Gasteiger charge is -2.05. The fourth-order valence-corrected chi connectivity index (χ4v) is 3.18. The molecule has 0 saturated carbocycles. The van der Waals surface area contributed by atoms with E-state index in [-0.39, 0.29) is 11.6 Å². The van der Waals surface area contributed by atoms with Crippen molar-refractivity contribution in [1.29, 1.82) is 0 Å². The fourth-order valence-electron chi connectivity index (χ4n) is 2.37. The zero-order valence-corrected chi connectivity index (χ0v) is 13.7. The maximum Gasteiger partial charge on any atom is 0.271 e. The molecular formula is C18H14N2O3S. The van der Waals surface area contributed by atoms with E-state index >= 15 is 0 Å². The van der Waals surface area contributed by atoms with Gasteiger partial charge in [0.25, 0.3) is 11.6 Å². The first-order chi connectivity index (χ1) is 11.5. The fraction of sp³-hybridized carbons (Fsp3) is 0.0556. The predicted octanol–water partition coefficient (Wildman–Crippen LogP) is 4.88. The average molecular weight is 338 g/mol. The van der Waals surface area contributed by atoms with Crippen molar-refractivity contribution in [3.63, 3.8) is 0 Å². The second kappa shape index (κ2) is 6.64. The topological polar surface area (TPSA) is 72.2 Å². The van der Waals surface area contributed by atoms with Crippen LogP contribution in [0.3, 0.4) is 0 Å². The molecule has 24 heavy (non-hydrogen) atoms. The number of rotatable bonds is 4. The van der Waals surface area contributed by atoms with Crippen LogP contribution in [0.2, 0.25) is 0 Å². The summed E-state index contributed by atoms with van der Waals surface area (Å²) in [5, 5.41) is 15.6. The lowest BCUT2D eigenvalue weighted by molar-refractivity contribution is -0.384. The Morgan fingerprint density at radius 3 is 2.54 bits per heavy atom. The number of carbonyl (C=O) groups is 1. The molecule has 3 aromatic rings. The largest absolute Gasteiger partial charge is 0.321 e. The molecule has 0 aliphatic rings. The molecule has 1 N–H and O–H groups in total. The van der Waals surface area contributed by atoms with Gasteiger partial charge >= 0.3 is 0 Å². The van der Waals surface area contributed by atoms with E-state index in [0.29, 0.717) is 10.6 Å². The van der Waals surface area contributed by atoms with Crippen LogP contribution < -0.4 is 5.32 Å². The van der Waals surface area contributed by atoms with Gasteiger partial charge in [0.15, 0.2) is 0 Å². The molecule has 120 valence electrons. The molecule has 0 saturated heterocycles. The Morgan fingerprint density at radius 1 is 1.08 bits per heavy atom. The number of nitro benzene ring substituents is 1. The Kier molecular flexibility index (Phi) is 4.39. The van der Waals surface area contributed by atoms with E-state index in [4.69, 9.17) is 0 Å². The molecule has 1 amide bonds. The van der Waals surface area contributed by atoms with Gasteiger partial charge in [-0.1, -0.05) is 30.3 Å². The summed E-state index contributed by atoms with van der Waals surface area (Å²) in [7, 11) is 0. The summed E-state index contributed by atoms with van der Waals surface area (Å²) in [5.41, 5.74) is 3.11.